The Morgan fingerprint density at radius 2 is 2.22 bits per heavy atom. The zero-order valence-electron chi connectivity index (χ0n) is 11.6. The van der Waals surface area contributed by atoms with Crippen LogP contribution in [0.1, 0.15) is 16.2 Å². The average molecular weight is 310 g/mol. The molecule has 0 radical (unpaired) electrons. The molecule has 4 rings (SSSR count). The van der Waals surface area contributed by atoms with Crippen LogP contribution in [0.4, 0.5) is 0 Å². The summed E-state index contributed by atoms with van der Waals surface area (Å²) >= 11 is 0. The first-order chi connectivity index (χ1) is 11.2. The highest BCUT2D eigenvalue weighted by atomic mass is 16.8. The van der Waals surface area contributed by atoms with Crippen LogP contribution >= 0.6 is 0 Å². The fourth-order valence-corrected chi connectivity index (χ4v) is 2.31. The number of carboxylic acids is 1. The van der Waals surface area contributed by atoms with Crippen molar-refractivity contribution in [1.29, 1.82) is 0 Å². The van der Waals surface area contributed by atoms with E-state index in [0.717, 1.165) is 11.3 Å². The quantitative estimate of drug-likeness (QED) is 0.886. The summed E-state index contributed by atoms with van der Waals surface area (Å²) in [6, 6.07) is 6.21. The number of hydroxylamine groups is 1. The lowest BCUT2D eigenvalue weighted by molar-refractivity contribution is 0.0672. The van der Waals surface area contributed by atoms with Crippen molar-refractivity contribution in [3.05, 3.63) is 53.9 Å². The van der Waals surface area contributed by atoms with Crippen LogP contribution in [0, 0.1) is 0 Å². The van der Waals surface area contributed by atoms with Crippen LogP contribution in [-0.4, -0.2) is 33.0 Å². The first-order valence-corrected chi connectivity index (χ1v) is 6.78. The molecule has 1 aromatic heterocycles. The van der Waals surface area contributed by atoms with Gasteiger partial charge in [0.15, 0.2) is 0 Å². The van der Waals surface area contributed by atoms with E-state index in [0.29, 0.717) is 17.3 Å². The summed E-state index contributed by atoms with van der Waals surface area (Å²) in [6.07, 6.45) is 5.46. The van der Waals surface area contributed by atoms with Crippen molar-refractivity contribution >= 4 is 17.3 Å². The van der Waals surface area contributed by atoms with Gasteiger partial charge in [-0.1, -0.05) is 22.4 Å². The highest BCUT2D eigenvalue weighted by Crippen LogP contribution is 2.24. The van der Waals surface area contributed by atoms with Crippen LogP contribution < -0.4 is 5.48 Å². The molecule has 0 saturated heterocycles. The second kappa shape index (κ2) is 5.18. The van der Waals surface area contributed by atoms with E-state index < -0.39 is 5.97 Å². The monoisotopic (exact) mass is 310 g/mol. The molecule has 1 aromatic carbocycles. The smallest absolute Gasteiger partial charge is 0.335 e. The predicted octanol–water partition coefficient (Wildman–Crippen LogP) is 1.65. The Labute approximate surface area is 129 Å². The van der Waals surface area contributed by atoms with Gasteiger partial charge in [0, 0.05) is 11.1 Å². The van der Waals surface area contributed by atoms with E-state index >= 15 is 0 Å². The first kappa shape index (κ1) is 13.4. The highest BCUT2D eigenvalue weighted by Gasteiger charge is 2.24. The SMILES string of the molecule is O=C(O)c1cccc(-c2noc(C3=CC4NON=C4C=C3)n2)c1. The minimum absolute atomic E-state index is 0.152. The zero-order valence-corrected chi connectivity index (χ0v) is 11.6. The maximum Gasteiger partial charge on any atom is 0.335 e. The zero-order chi connectivity index (χ0) is 15.8. The standard InChI is InChI=1S/C15H10N4O4/c20-15(21)10-3-1-2-8(6-10)13-16-14(22-19-13)9-4-5-11-12(7-9)18-23-17-11/h1-7,12,18H,(H,20,21). The van der Waals surface area contributed by atoms with Crippen molar-refractivity contribution in [2.24, 2.45) is 5.16 Å². The van der Waals surface area contributed by atoms with Gasteiger partial charge in [0.05, 0.1) is 5.56 Å². The van der Waals surface area contributed by atoms with Crippen molar-refractivity contribution in [2.45, 2.75) is 6.04 Å². The fourth-order valence-electron chi connectivity index (χ4n) is 2.31. The van der Waals surface area contributed by atoms with E-state index in [1.165, 1.54) is 12.1 Å². The lowest BCUT2D eigenvalue weighted by atomic mass is 10.0. The molecule has 2 aliphatic rings. The third-order valence-electron chi connectivity index (χ3n) is 3.47. The molecule has 114 valence electrons. The lowest BCUT2D eigenvalue weighted by Crippen LogP contribution is -2.27. The first-order valence-electron chi connectivity index (χ1n) is 6.78. The molecule has 0 amide bonds. The molecule has 8 nitrogen and oxygen atoms in total. The maximum absolute atomic E-state index is 11.0. The van der Waals surface area contributed by atoms with Crippen LogP contribution in [-0.2, 0) is 4.94 Å². The van der Waals surface area contributed by atoms with Crippen LogP contribution in [0.15, 0.2) is 52.2 Å². The molecule has 0 spiro atoms. The molecule has 0 fully saturated rings. The van der Waals surface area contributed by atoms with Crippen molar-refractivity contribution in [1.82, 2.24) is 15.6 Å². The topological polar surface area (TPSA) is 110 Å². The second-order valence-corrected chi connectivity index (χ2v) is 4.97. The van der Waals surface area contributed by atoms with Crippen LogP contribution in [0.3, 0.4) is 0 Å². The Bertz CT molecular complexity index is 881. The number of carbonyl (C=O) groups is 1. The van der Waals surface area contributed by atoms with Gasteiger partial charge in [-0.3, -0.25) is 4.94 Å². The number of benzene rings is 1. The van der Waals surface area contributed by atoms with E-state index in [1.54, 1.807) is 24.3 Å². The third kappa shape index (κ3) is 2.40. The molecule has 23 heavy (non-hydrogen) atoms. The molecule has 8 heteroatoms. The van der Waals surface area contributed by atoms with Gasteiger partial charge in [0.2, 0.25) is 5.82 Å². The number of hydrogen-bond acceptors (Lipinski definition) is 7. The Kier molecular flexibility index (Phi) is 3.02. The molecule has 2 aromatic rings. The summed E-state index contributed by atoms with van der Waals surface area (Å²) in [5, 5.41) is 16.8. The van der Waals surface area contributed by atoms with Crippen molar-refractivity contribution < 1.29 is 19.4 Å². The molecule has 2 heterocycles. The molecule has 1 unspecified atom stereocenters. The van der Waals surface area contributed by atoms with Crippen molar-refractivity contribution in [2.75, 3.05) is 0 Å². The third-order valence-corrected chi connectivity index (χ3v) is 3.47. The molecule has 2 N–H and O–H groups in total. The number of fused-ring (bicyclic) bond motifs is 1. The molecule has 1 atom stereocenters. The largest absolute Gasteiger partial charge is 0.478 e. The van der Waals surface area contributed by atoms with E-state index in [9.17, 15) is 4.79 Å². The van der Waals surface area contributed by atoms with Crippen molar-refractivity contribution in [3.8, 4) is 11.4 Å². The number of nitrogens with zero attached hydrogens (tertiary/aromatic N) is 3. The summed E-state index contributed by atoms with van der Waals surface area (Å²) in [4.78, 5) is 20.2. The number of carboxylic acid groups (broad SMARTS) is 1. The number of nitrogens with one attached hydrogen (secondary N) is 1. The number of hydrogen-bond donors (Lipinski definition) is 2. The van der Waals surface area contributed by atoms with Crippen LogP contribution in [0.2, 0.25) is 0 Å². The molecule has 0 bridgehead atoms. The lowest BCUT2D eigenvalue weighted by Gasteiger charge is -2.08. The summed E-state index contributed by atoms with van der Waals surface area (Å²) in [5.41, 5.74) is 4.97. The Hall–Kier alpha value is -3.26. The summed E-state index contributed by atoms with van der Waals surface area (Å²) in [6.45, 7) is 0. The number of aromatic nitrogens is 2. The van der Waals surface area contributed by atoms with Gasteiger partial charge in [-0.25, -0.2) is 4.79 Å². The van der Waals surface area contributed by atoms with Gasteiger partial charge < -0.3 is 9.63 Å². The van der Waals surface area contributed by atoms with E-state index in [1.807, 2.05) is 6.08 Å². The Morgan fingerprint density at radius 3 is 3.09 bits per heavy atom. The van der Waals surface area contributed by atoms with E-state index in [4.69, 9.17) is 14.6 Å². The highest BCUT2D eigenvalue weighted by molar-refractivity contribution is 6.05. The summed E-state index contributed by atoms with van der Waals surface area (Å²) in [5.74, 6) is -0.343. The number of oxime groups is 1. The van der Waals surface area contributed by atoms with Gasteiger partial charge in [0.25, 0.3) is 5.89 Å². The molecular weight excluding hydrogens is 300 g/mol. The predicted molar refractivity (Wildman–Crippen MR) is 79.3 cm³/mol. The Balaban J connectivity index is 1.65. The minimum Gasteiger partial charge on any atom is -0.478 e. The van der Waals surface area contributed by atoms with Gasteiger partial charge >= 0.3 is 5.97 Å². The number of rotatable bonds is 3. The molecule has 1 aliphatic carbocycles. The summed E-state index contributed by atoms with van der Waals surface area (Å²) in [7, 11) is 0. The molecular formula is C15H10N4O4. The van der Waals surface area contributed by atoms with Gasteiger partial charge in [-0.05, 0) is 30.4 Å². The van der Waals surface area contributed by atoms with Gasteiger partial charge in [0.1, 0.15) is 11.8 Å². The number of aromatic carboxylic acids is 1. The van der Waals surface area contributed by atoms with Crippen LogP contribution in [0.25, 0.3) is 17.0 Å². The summed E-state index contributed by atoms with van der Waals surface area (Å²) < 4.78 is 5.27. The van der Waals surface area contributed by atoms with Crippen LogP contribution in [0.5, 0.6) is 0 Å². The van der Waals surface area contributed by atoms with E-state index in [-0.39, 0.29) is 11.6 Å². The Morgan fingerprint density at radius 1 is 1.30 bits per heavy atom. The maximum atomic E-state index is 11.0. The van der Waals surface area contributed by atoms with Gasteiger partial charge in [-0.2, -0.15) is 4.98 Å². The van der Waals surface area contributed by atoms with E-state index in [2.05, 4.69) is 20.8 Å². The minimum atomic E-state index is -1.01. The van der Waals surface area contributed by atoms with Gasteiger partial charge in [-0.15, -0.1) is 5.48 Å². The second-order valence-electron chi connectivity index (χ2n) is 4.97. The average Bonchev–Trinajstić information content (AvgIpc) is 3.23. The fraction of sp³-hybridized carbons (Fsp3) is 0.0667. The van der Waals surface area contributed by atoms with Crippen molar-refractivity contribution in [3.63, 3.8) is 0 Å². The normalized spacial score (nSPS) is 18.9. The molecule has 1 aliphatic heterocycles. The molecule has 0 saturated carbocycles. The number of allylic oxidation sites excluding steroid dienone is 2.